The van der Waals surface area contributed by atoms with Gasteiger partial charge in [-0.3, -0.25) is 39.1 Å². The van der Waals surface area contributed by atoms with Gasteiger partial charge >= 0.3 is 0 Å². The van der Waals surface area contributed by atoms with Gasteiger partial charge in [-0.1, -0.05) is 24.3 Å². The van der Waals surface area contributed by atoms with E-state index in [-0.39, 0.29) is 24.4 Å². The van der Waals surface area contributed by atoms with Gasteiger partial charge in [0.2, 0.25) is 11.8 Å². The van der Waals surface area contributed by atoms with Gasteiger partial charge in [0.1, 0.15) is 10.5 Å². The molecule has 3 aromatic rings. The maximum atomic E-state index is 13.3. The Morgan fingerprint density at radius 1 is 0.918 bits per heavy atom. The van der Waals surface area contributed by atoms with Crippen molar-refractivity contribution in [1.82, 2.24) is 29.8 Å². The average molecular weight is 732 g/mol. The molecule has 1 aromatic heterocycles. The molecule has 5 heterocycles. The quantitative estimate of drug-likeness (QED) is 0.348. The number of likely N-dealkylation sites (N-methyl/N-ethyl adjacent to an activating group) is 1. The average Bonchev–Trinajstić information content (AvgIpc) is 3.34. The van der Waals surface area contributed by atoms with Gasteiger partial charge in [-0.15, -0.1) is 0 Å². The number of aryl methyl sites for hydroxylation is 1. The van der Waals surface area contributed by atoms with Crippen LogP contribution in [0.1, 0.15) is 57.0 Å². The van der Waals surface area contributed by atoms with Gasteiger partial charge in [0.05, 0.1) is 23.0 Å². The number of benzene rings is 2. The van der Waals surface area contributed by atoms with Gasteiger partial charge in [0.25, 0.3) is 17.4 Å². The van der Waals surface area contributed by atoms with E-state index in [1.54, 1.807) is 25.4 Å². The summed E-state index contributed by atoms with van der Waals surface area (Å²) in [4.78, 5) is 70.6. The van der Waals surface area contributed by atoms with Crippen molar-refractivity contribution < 1.29 is 19.2 Å². The van der Waals surface area contributed by atoms with Gasteiger partial charge in [0.15, 0.2) is 0 Å². The van der Waals surface area contributed by atoms with Crippen LogP contribution in [0.15, 0.2) is 57.9 Å². The minimum Gasteiger partial charge on any atom is -0.379 e. The second-order valence-electron chi connectivity index (χ2n) is 13.5. The molecule has 4 aliphatic rings. The third kappa shape index (κ3) is 6.64. The third-order valence-corrected chi connectivity index (χ3v) is 10.9. The van der Waals surface area contributed by atoms with E-state index < -0.39 is 29.7 Å². The summed E-state index contributed by atoms with van der Waals surface area (Å²) in [5.41, 5.74) is 4.57. The number of piperazine rings is 1. The van der Waals surface area contributed by atoms with Crippen LogP contribution in [0.5, 0.6) is 0 Å². The predicted octanol–water partition coefficient (Wildman–Crippen LogP) is 2.17. The van der Waals surface area contributed by atoms with E-state index >= 15 is 0 Å². The van der Waals surface area contributed by atoms with Crippen LogP contribution in [0, 0.1) is 0 Å². The first-order valence-electron chi connectivity index (χ1n) is 16.6. The second kappa shape index (κ2) is 13.5. The minimum absolute atomic E-state index is 0.0938. The predicted molar refractivity (Wildman–Crippen MR) is 186 cm³/mol. The molecule has 2 N–H and O–H groups in total. The molecule has 0 spiro atoms. The SMILES string of the molecule is CN1C[C@H](Nc2cnn(C)c(=O)c2Br)C[C@H](c2ccc(CN3CCN(c4ccc5c(c4)C(=O)N(C4CCC(=O)NC4=O)C5=O)CC3)cc2)C1. The lowest BCUT2D eigenvalue weighted by Gasteiger charge is -2.37. The lowest BCUT2D eigenvalue weighted by Crippen LogP contribution is -2.54. The van der Waals surface area contributed by atoms with Crippen LogP contribution in [0.2, 0.25) is 0 Å². The number of nitrogens with one attached hydrogen (secondary N) is 2. The molecule has 0 bridgehead atoms. The number of likely N-dealkylation sites (tertiary alicyclic amines) is 1. The van der Waals surface area contributed by atoms with Crippen molar-refractivity contribution in [2.75, 3.05) is 56.5 Å². The van der Waals surface area contributed by atoms with E-state index in [0.29, 0.717) is 27.2 Å². The molecule has 2 aromatic carbocycles. The molecule has 14 heteroatoms. The topological polar surface area (TPSA) is 140 Å². The Morgan fingerprint density at radius 2 is 1.65 bits per heavy atom. The molecular weight excluding hydrogens is 692 g/mol. The summed E-state index contributed by atoms with van der Waals surface area (Å²) >= 11 is 3.43. The van der Waals surface area contributed by atoms with Crippen LogP contribution in [-0.2, 0) is 23.2 Å². The summed E-state index contributed by atoms with van der Waals surface area (Å²) in [5, 5.41) is 9.93. The number of amides is 4. The Hall–Kier alpha value is -4.40. The van der Waals surface area contributed by atoms with Gasteiger partial charge in [-0.25, -0.2) is 4.68 Å². The van der Waals surface area contributed by atoms with Gasteiger partial charge in [0, 0.05) is 71.0 Å². The normalized spacial score (nSPS) is 23.5. The maximum absolute atomic E-state index is 13.3. The number of piperidine rings is 2. The number of nitrogens with zero attached hydrogens (tertiary/aromatic N) is 6. The number of rotatable bonds is 7. The molecule has 0 radical (unpaired) electrons. The number of halogens is 1. The van der Waals surface area contributed by atoms with Crippen molar-refractivity contribution in [2.24, 2.45) is 7.05 Å². The van der Waals surface area contributed by atoms with Gasteiger partial charge < -0.3 is 15.1 Å². The van der Waals surface area contributed by atoms with Crippen LogP contribution in [0.25, 0.3) is 0 Å². The Labute approximate surface area is 292 Å². The first kappa shape index (κ1) is 33.1. The number of carbonyl (C=O) groups excluding carboxylic acids is 4. The van der Waals surface area contributed by atoms with Crippen molar-refractivity contribution in [3.05, 3.63) is 85.7 Å². The highest BCUT2D eigenvalue weighted by Gasteiger charge is 2.44. The molecule has 0 saturated carbocycles. The number of imide groups is 2. The smallest absolute Gasteiger partial charge is 0.282 e. The molecule has 4 aliphatic heterocycles. The lowest BCUT2D eigenvalue weighted by atomic mass is 9.87. The second-order valence-corrected chi connectivity index (χ2v) is 14.3. The maximum Gasteiger partial charge on any atom is 0.282 e. The van der Waals surface area contributed by atoms with Crippen molar-refractivity contribution in [3.63, 3.8) is 0 Å². The summed E-state index contributed by atoms with van der Waals surface area (Å²) in [6.07, 6.45) is 2.87. The highest BCUT2D eigenvalue weighted by Crippen LogP contribution is 2.32. The van der Waals surface area contributed by atoms with E-state index in [9.17, 15) is 24.0 Å². The molecule has 49 heavy (non-hydrogen) atoms. The zero-order valence-electron chi connectivity index (χ0n) is 27.5. The monoisotopic (exact) mass is 730 g/mol. The van der Waals surface area contributed by atoms with Crippen LogP contribution in [-0.4, -0.2) is 107 Å². The first-order valence-corrected chi connectivity index (χ1v) is 17.4. The Bertz CT molecular complexity index is 1870. The zero-order valence-corrected chi connectivity index (χ0v) is 29.1. The van der Waals surface area contributed by atoms with E-state index in [1.165, 1.54) is 15.8 Å². The van der Waals surface area contributed by atoms with Crippen molar-refractivity contribution >= 4 is 50.9 Å². The van der Waals surface area contributed by atoms with Crippen LogP contribution in [0.3, 0.4) is 0 Å². The highest BCUT2D eigenvalue weighted by atomic mass is 79.9. The molecule has 3 saturated heterocycles. The molecule has 13 nitrogen and oxygen atoms in total. The Kier molecular flexibility index (Phi) is 9.11. The van der Waals surface area contributed by atoms with Crippen LogP contribution >= 0.6 is 15.9 Å². The number of fused-ring (bicyclic) bond motifs is 1. The van der Waals surface area contributed by atoms with Crippen LogP contribution in [0.4, 0.5) is 11.4 Å². The summed E-state index contributed by atoms with van der Waals surface area (Å²) in [6, 6.07) is 13.4. The summed E-state index contributed by atoms with van der Waals surface area (Å²) in [7, 11) is 3.76. The van der Waals surface area contributed by atoms with E-state index in [2.05, 4.69) is 77.7 Å². The molecule has 1 unspecified atom stereocenters. The highest BCUT2D eigenvalue weighted by molar-refractivity contribution is 9.10. The summed E-state index contributed by atoms with van der Waals surface area (Å²) in [5.74, 6) is -1.62. The zero-order chi connectivity index (χ0) is 34.4. The third-order valence-electron chi connectivity index (χ3n) is 10.1. The van der Waals surface area contributed by atoms with Crippen molar-refractivity contribution in [1.29, 1.82) is 0 Å². The number of hydrogen-bond acceptors (Lipinski definition) is 10. The van der Waals surface area contributed by atoms with E-state index in [1.807, 2.05) is 6.07 Å². The molecule has 7 rings (SSSR count). The first-order chi connectivity index (χ1) is 23.5. The molecular formula is C35H39BrN8O5. The molecule has 3 atom stereocenters. The van der Waals surface area contributed by atoms with E-state index in [0.717, 1.165) is 62.8 Å². The minimum atomic E-state index is -0.970. The Balaban J connectivity index is 0.936. The fraction of sp³-hybridized carbons (Fsp3) is 0.429. The number of aromatic nitrogens is 2. The fourth-order valence-electron chi connectivity index (χ4n) is 7.47. The molecule has 4 amide bonds. The molecule has 0 aliphatic carbocycles. The van der Waals surface area contributed by atoms with Crippen molar-refractivity contribution in [3.8, 4) is 0 Å². The largest absolute Gasteiger partial charge is 0.379 e. The van der Waals surface area contributed by atoms with Crippen molar-refractivity contribution in [2.45, 2.75) is 43.8 Å². The molecule has 256 valence electrons. The van der Waals surface area contributed by atoms with Gasteiger partial charge in [-0.2, -0.15) is 5.10 Å². The fourth-order valence-corrected chi connectivity index (χ4v) is 7.94. The standard InChI is InChI=1S/C35H39BrN8O5/c1-40-19-23(15-24(20-40)38-28-17-37-41(2)35(49)31(28)36)22-5-3-21(4-6-22)18-42-11-13-43(14-12-42)25-7-8-26-27(16-25)34(48)44(33(26)47)29-9-10-30(45)39-32(29)46/h3-8,16-17,23-24,29,38H,9-15,18-20H2,1-2H3,(H,39,45,46)/t23-,24+,29?/m0/s1. The number of hydrogen-bond donors (Lipinski definition) is 2. The molecule has 3 fully saturated rings. The summed E-state index contributed by atoms with van der Waals surface area (Å²) < 4.78 is 1.81. The van der Waals surface area contributed by atoms with Gasteiger partial charge in [-0.05, 0) is 71.1 Å². The number of carbonyl (C=O) groups is 4. The summed E-state index contributed by atoms with van der Waals surface area (Å²) in [6.45, 7) is 5.93. The van der Waals surface area contributed by atoms with E-state index in [4.69, 9.17) is 0 Å². The number of anilines is 2. The lowest BCUT2D eigenvalue weighted by molar-refractivity contribution is -0.136. The van der Waals surface area contributed by atoms with Crippen LogP contribution < -0.4 is 21.1 Å². The Morgan fingerprint density at radius 3 is 2.39 bits per heavy atom.